The predicted molar refractivity (Wildman–Crippen MR) is 123 cm³/mol. The molecule has 2 saturated heterocycles. The monoisotopic (exact) mass is 465 g/mol. The van der Waals surface area contributed by atoms with Crippen LogP contribution in [0.1, 0.15) is 61.9 Å². The highest BCUT2D eigenvalue weighted by Gasteiger charge is 2.56. The molecule has 1 unspecified atom stereocenters. The van der Waals surface area contributed by atoms with Gasteiger partial charge in [-0.1, -0.05) is 0 Å². The van der Waals surface area contributed by atoms with E-state index >= 15 is 0 Å². The smallest absolute Gasteiger partial charge is 0.320 e. The summed E-state index contributed by atoms with van der Waals surface area (Å²) in [6.07, 6.45) is 8.69. The number of halogens is 1. The highest BCUT2D eigenvalue weighted by Crippen LogP contribution is 2.54. The van der Waals surface area contributed by atoms with Crippen LogP contribution in [0.4, 0.5) is 9.18 Å². The molecule has 34 heavy (non-hydrogen) atoms. The average molecular weight is 466 g/mol. The molecular formula is C26H32FN5O2. The topological polar surface area (TPSA) is 63.5 Å². The van der Waals surface area contributed by atoms with Gasteiger partial charge in [-0.3, -0.25) is 0 Å². The van der Waals surface area contributed by atoms with Crippen LogP contribution >= 0.6 is 0 Å². The van der Waals surface area contributed by atoms with Gasteiger partial charge >= 0.3 is 6.03 Å². The van der Waals surface area contributed by atoms with E-state index in [4.69, 9.17) is 9.84 Å². The van der Waals surface area contributed by atoms with E-state index in [9.17, 15) is 9.18 Å². The number of aromatic nitrogens is 3. The number of likely N-dealkylation sites (tertiary alicyclic amines) is 2. The molecule has 3 heterocycles. The number of hydrogen-bond donors (Lipinski definition) is 0. The molecule has 2 aromatic rings. The van der Waals surface area contributed by atoms with Crippen LogP contribution in [0.5, 0.6) is 5.75 Å². The number of benzene rings is 1. The minimum absolute atomic E-state index is 0.161. The van der Waals surface area contributed by atoms with Gasteiger partial charge in [0.1, 0.15) is 17.9 Å². The zero-order valence-electron chi connectivity index (χ0n) is 19.7. The number of nitrogens with zero attached hydrogens (tertiary/aromatic N) is 5. The summed E-state index contributed by atoms with van der Waals surface area (Å²) in [7, 11) is 0. The second-order valence-corrected chi connectivity index (χ2v) is 11.6. The third-order valence-corrected chi connectivity index (χ3v) is 8.91. The average Bonchev–Trinajstić information content (AvgIpc) is 3.17. The largest absolute Gasteiger partial charge is 0.490 e. The first-order chi connectivity index (χ1) is 16.4. The highest BCUT2D eigenvalue weighted by atomic mass is 19.1. The molecule has 0 N–H and O–H groups in total. The number of carbonyl (C=O) groups excluding carboxylic acids is 1. The van der Waals surface area contributed by atoms with Crippen molar-refractivity contribution in [3.05, 3.63) is 41.7 Å². The normalized spacial score (nSPS) is 29.8. The van der Waals surface area contributed by atoms with E-state index in [2.05, 4.69) is 14.6 Å². The Hall–Kier alpha value is -2.64. The SMILES string of the molecule is Cc1cc(OC2C[C@@H]3CN(C(=O)N4CC5(CC(n6cnc(C7CC7)n6)C5)C4)C[C@@H]3C2)ccc1F. The van der Waals surface area contributed by atoms with Crippen LogP contribution in [0.3, 0.4) is 0 Å². The summed E-state index contributed by atoms with van der Waals surface area (Å²) in [5.74, 6) is 3.18. The summed E-state index contributed by atoms with van der Waals surface area (Å²) >= 11 is 0. The first kappa shape index (κ1) is 20.7. The first-order valence-corrected chi connectivity index (χ1v) is 12.8. The van der Waals surface area contributed by atoms with Gasteiger partial charge in [-0.2, -0.15) is 5.10 Å². The minimum Gasteiger partial charge on any atom is -0.490 e. The molecule has 0 bridgehead atoms. The molecule has 0 radical (unpaired) electrons. The fourth-order valence-corrected chi connectivity index (χ4v) is 6.86. The van der Waals surface area contributed by atoms with Crippen molar-refractivity contribution in [2.24, 2.45) is 17.3 Å². The molecule has 7 rings (SSSR count). The second-order valence-electron chi connectivity index (χ2n) is 11.6. The molecule has 3 saturated carbocycles. The summed E-state index contributed by atoms with van der Waals surface area (Å²) in [6.45, 7) is 5.20. The van der Waals surface area contributed by atoms with Crippen LogP contribution in [-0.2, 0) is 0 Å². The number of fused-ring (bicyclic) bond motifs is 1. The Labute approximate surface area is 199 Å². The van der Waals surface area contributed by atoms with E-state index in [0.717, 1.165) is 63.4 Å². The predicted octanol–water partition coefficient (Wildman–Crippen LogP) is 4.15. The van der Waals surface area contributed by atoms with Crippen molar-refractivity contribution in [1.29, 1.82) is 0 Å². The summed E-state index contributed by atoms with van der Waals surface area (Å²) in [4.78, 5) is 21.7. The van der Waals surface area contributed by atoms with Gasteiger partial charge in [0, 0.05) is 37.5 Å². The van der Waals surface area contributed by atoms with Crippen molar-refractivity contribution >= 4 is 6.03 Å². The van der Waals surface area contributed by atoms with E-state index in [-0.39, 0.29) is 18.0 Å². The van der Waals surface area contributed by atoms with Crippen molar-refractivity contribution < 1.29 is 13.9 Å². The number of hydrogen-bond acceptors (Lipinski definition) is 4. The Balaban J connectivity index is 0.881. The van der Waals surface area contributed by atoms with Gasteiger partial charge in [-0.25, -0.2) is 18.9 Å². The summed E-state index contributed by atoms with van der Waals surface area (Å²) in [5, 5.41) is 4.70. The highest BCUT2D eigenvalue weighted by molar-refractivity contribution is 5.76. The second kappa shape index (κ2) is 7.43. The molecule has 180 valence electrons. The van der Waals surface area contributed by atoms with Gasteiger partial charge in [0.05, 0.1) is 12.1 Å². The molecule has 3 atom stereocenters. The van der Waals surface area contributed by atoms with Crippen LogP contribution in [-0.4, -0.2) is 62.9 Å². The van der Waals surface area contributed by atoms with Crippen molar-refractivity contribution in [3.8, 4) is 5.75 Å². The number of ether oxygens (including phenoxy) is 1. The standard InChI is InChI=1S/C26H32FN5O2/c1-16-6-21(4-5-23(16)27)34-22-7-18-11-30(12-19(18)8-22)25(33)31-13-26(14-31)9-20(10-26)32-15-28-24(29-32)17-2-3-17/h4-6,15,17-20,22H,2-3,7-14H2,1H3/t18-,19+,22?. The van der Waals surface area contributed by atoms with Gasteiger partial charge in [-0.15, -0.1) is 0 Å². The van der Waals surface area contributed by atoms with Crippen LogP contribution < -0.4 is 4.74 Å². The summed E-state index contributed by atoms with van der Waals surface area (Å²) < 4.78 is 21.7. The van der Waals surface area contributed by atoms with Crippen LogP contribution in [0.2, 0.25) is 0 Å². The molecule has 5 fully saturated rings. The Bertz CT molecular complexity index is 1100. The molecule has 1 aromatic heterocycles. The van der Waals surface area contributed by atoms with Crippen molar-refractivity contribution in [3.63, 3.8) is 0 Å². The van der Waals surface area contributed by atoms with Gasteiger partial charge < -0.3 is 14.5 Å². The fourth-order valence-electron chi connectivity index (χ4n) is 6.86. The van der Waals surface area contributed by atoms with E-state index in [1.807, 2.05) is 11.2 Å². The minimum atomic E-state index is -0.198. The molecule has 1 aromatic carbocycles. The number of carbonyl (C=O) groups is 1. The van der Waals surface area contributed by atoms with Crippen LogP contribution in [0.15, 0.2) is 24.5 Å². The third-order valence-electron chi connectivity index (χ3n) is 8.91. The number of amides is 2. The number of urea groups is 1. The molecule has 7 nitrogen and oxygen atoms in total. The van der Waals surface area contributed by atoms with Gasteiger partial charge in [0.2, 0.25) is 0 Å². The quantitative estimate of drug-likeness (QED) is 0.681. The van der Waals surface area contributed by atoms with Crippen LogP contribution in [0, 0.1) is 30.0 Å². The van der Waals surface area contributed by atoms with Gasteiger partial charge in [0.25, 0.3) is 0 Å². The van der Waals surface area contributed by atoms with Crippen molar-refractivity contribution in [2.75, 3.05) is 26.2 Å². The molecule has 5 aliphatic rings. The lowest BCUT2D eigenvalue weighted by Gasteiger charge is -2.59. The summed E-state index contributed by atoms with van der Waals surface area (Å²) in [6, 6.07) is 5.63. The maximum Gasteiger partial charge on any atom is 0.320 e. The lowest BCUT2D eigenvalue weighted by molar-refractivity contribution is -0.0735. The Kier molecular flexibility index (Phi) is 4.52. The number of rotatable bonds is 4. The number of aryl methyl sites for hydroxylation is 1. The lowest BCUT2D eigenvalue weighted by atomic mass is 9.61. The fraction of sp³-hybridized carbons (Fsp3) is 0.654. The Morgan fingerprint density at radius 1 is 1.12 bits per heavy atom. The lowest BCUT2D eigenvalue weighted by Crippen LogP contribution is -2.65. The zero-order valence-corrected chi connectivity index (χ0v) is 19.7. The van der Waals surface area contributed by atoms with Gasteiger partial charge in [0.15, 0.2) is 5.82 Å². The Morgan fingerprint density at radius 2 is 1.85 bits per heavy atom. The maximum atomic E-state index is 13.5. The molecule has 3 aliphatic carbocycles. The molecule has 2 amide bonds. The Morgan fingerprint density at radius 3 is 2.53 bits per heavy atom. The molecule has 2 aliphatic heterocycles. The summed E-state index contributed by atoms with van der Waals surface area (Å²) in [5.41, 5.74) is 0.912. The zero-order chi connectivity index (χ0) is 23.0. The molecular weight excluding hydrogens is 433 g/mol. The van der Waals surface area contributed by atoms with E-state index in [0.29, 0.717) is 34.8 Å². The molecule has 1 spiro atoms. The first-order valence-electron chi connectivity index (χ1n) is 12.8. The van der Waals surface area contributed by atoms with Gasteiger partial charge in [-0.05, 0) is 81.0 Å². The van der Waals surface area contributed by atoms with E-state index < -0.39 is 0 Å². The maximum absolute atomic E-state index is 13.5. The van der Waals surface area contributed by atoms with Crippen LogP contribution in [0.25, 0.3) is 0 Å². The third kappa shape index (κ3) is 3.48. The van der Waals surface area contributed by atoms with E-state index in [1.165, 1.54) is 18.9 Å². The van der Waals surface area contributed by atoms with Crippen molar-refractivity contribution in [1.82, 2.24) is 24.6 Å². The van der Waals surface area contributed by atoms with Crippen molar-refractivity contribution in [2.45, 2.75) is 63.5 Å². The van der Waals surface area contributed by atoms with E-state index in [1.54, 1.807) is 19.1 Å². The molecule has 8 heteroatoms.